The molecule has 0 aliphatic heterocycles. The number of hydrogen-bond acceptors (Lipinski definition) is 3. The van der Waals surface area contributed by atoms with Crippen molar-refractivity contribution < 1.29 is 37.0 Å². The molecule has 1 aliphatic carbocycles. The highest BCUT2D eigenvalue weighted by Gasteiger charge is 2.37. The van der Waals surface area contributed by atoms with Crippen molar-refractivity contribution in [2.24, 2.45) is 0 Å². The van der Waals surface area contributed by atoms with Crippen molar-refractivity contribution in [1.29, 1.82) is 0 Å². The summed E-state index contributed by atoms with van der Waals surface area (Å²) in [4.78, 5) is 24.0. The quantitative estimate of drug-likeness (QED) is 0.494. The van der Waals surface area contributed by atoms with Crippen LogP contribution in [-0.2, 0) is 15.7 Å². The van der Waals surface area contributed by atoms with Gasteiger partial charge in [0.1, 0.15) is 12.4 Å². The molecule has 0 heterocycles. The third-order valence-corrected chi connectivity index (χ3v) is 5.50. The van der Waals surface area contributed by atoms with E-state index in [1.165, 1.54) is 0 Å². The zero-order chi connectivity index (χ0) is 23.8. The average Bonchev–Trinajstić information content (AvgIpc) is 3.09. The van der Waals surface area contributed by atoms with Gasteiger partial charge in [-0.15, -0.1) is 0 Å². The molecular formula is C24H17F4NO4. The Morgan fingerprint density at radius 3 is 2.06 bits per heavy atom. The van der Waals surface area contributed by atoms with E-state index in [9.17, 15) is 32.3 Å². The highest BCUT2D eigenvalue weighted by Crippen LogP contribution is 2.44. The fraction of sp³-hybridized carbons (Fsp3) is 0.167. The summed E-state index contributed by atoms with van der Waals surface area (Å²) in [6.07, 6.45) is -6.21. The second kappa shape index (κ2) is 8.57. The van der Waals surface area contributed by atoms with E-state index in [0.29, 0.717) is 6.07 Å². The minimum Gasteiger partial charge on any atom is -0.479 e. The number of amides is 1. The number of alkyl halides is 3. The minimum absolute atomic E-state index is 0.142. The van der Waals surface area contributed by atoms with Crippen LogP contribution in [0.5, 0.6) is 0 Å². The fourth-order valence-corrected chi connectivity index (χ4v) is 4.02. The lowest BCUT2D eigenvalue weighted by atomic mass is 9.98. The van der Waals surface area contributed by atoms with Crippen molar-refractivity contribution >= 4 is 12.1 Å². The zero-order valence-corrected chi connectivity index (χ0v) is 16.9. The monoisotopic (exact) mass is 459 g/mol. The molecular weight excluding hydrogens is 442 g/mol. The largest absolute Gasteiger partial charge is 0.479 e. The van der Waals surface area contributed by atoms with Crippen molar-refractivity contribution in [2.45, 2.75) is 18.1 Å². The number of hydrogen-bond donors (Lipinski definition) is 2. The average molecular weight is 459 g/mol. The van der Waals surface area contributed by atoms with Crippen LogP contribution in [-0.4, -0.2) is 23.8 Å². The van der Waals surface area contributed by atoms with E-state index in [4.69, 9.17) is 4.74 Å². The predicted molar refractivity (Wildman–Crippen MR) is 110 cm³/mol. The molecule has 3 aromatic carbocycles. The summed E-state index contributed by atoms with van der Waals surface area (Å²) in [7, 11) is 0. The first-order chi connectivity index (χ1) is 15.7. The van der Waals surface area contributed by atoms with Crippen molar-refractivity contribution in [1.82, 2.24) is 5.32 Å². The molecule has 0 radical (unpaired) electrons. The Labute approximate surface area is 185 Å². The Bertz CT molecular complexity index is 1180. The molecule has 1 unspecified atom stereocenters. The Morgan fingerprint density at radius 2 is 1.52 bits per heavy atom. The maximum absolute atomic E-state index is 14.4. The van der Waals surface area contributed by atoms with Crippen molar-refractivity contribution in [3.63, 3.8) is 0 Å². The molecule has 9 heteroatoms. The standard InChI is InChI=1S/C24H17F4NO4/c25-20-17(10-5-11-19(20)24(26,27)28)21(22(30)31)29-23(32)33-12-18-15-8-3-1-6-13(15)14-7-2-4-9-16(14)18/h1-11,18,21H,12H2,(H,29,32)(H,30,31). The van der Waals surface area contributed by atoms with Gasteiger partial charge in [-0.2, -0.15) is 13.2 Å². The lowest BCUT2D eigenvalue weighted by molar-refractivity contribution is -0.142. The molecule has 0 spiro atoms. The fourth-order valence-electron chi connectivity index (χ4n) is 4.02. The molecule has 2 N–H and O–H groups in total. The molecule has 4 rings (SSSR count). The van der Waals surface area contributed by atoms with Gasteiger partial charge in [-0.05, 0) is 28.3 Å². The van der Waals surface area contributed by atoms with Crippen LogP contribution in [0, 0.1) is 5.82 Å². The third kappa shape index (κ3) is 4.26. The van der Waals surface area contributed by atoms with Crippen LogP contribution < -0.4 is 5.32 Å². The van der Waals surface area contributed by atoms with Gasteiger partial charge < -0.3 is 15.2 Å². The highest BCUT2D eigenvalue weighted by molar-refractivity contribution is 5.82. The van der Waals surface area contributed by atoms with E-state index in [0.717, 1.165) is 34.4 Å². The van der Waals surface area contributed by atoms with Crippen molar-refractivity contribution in [3.05, 3.63) is 94.8 Å². The number of carboxylic acids is 1. The third-order valence-electron chi connectivity index (χ3n) is 5.50. The summed E-state index contributed by atoms with van der Waals surface area (Å²) in [6, 6.07) is 15.3. The lowest BCUT2D eigenvalue weighted by Crippen LogP contribution is -2.35. The van der Waals surface area contributed by atoms with Gasteiger partial charge >= 0.3 is 18.2 Å². The summed E-state index contributed by atoms with van der Waals surface area (Å²) in [6.45, 7) is -0.142. The van der Waals surface area contributed by atoms with Crippen LogP contribution >= 0.6 is 0 Å². The summed E-state index contributed by atoms with van der Waals surface area (Å²) in [5.74, 6) is -3.81. The SMILES string of the molecule is O=C(NC(C(=O)O)c1cccc(C(F)(F)F)c1F)OCC1c2ccccc2-c2ccccc21. The maximum atomic E-state index is 14.4. The van der Waals surface area contributed by atoms with Gasteiger partial charge in [0.15, 0.2) is 6.04 Å². The van der Waals surface area contributed by atoms with Crippen molar-refractivity contribution in [2.75, 3.05) is 6.61 Å². The predicted octanol–water partition coefficient (Wildman–Crippen LogP) is 5.51. The van der Waals surface area contributed by atoms with Crippen LogP contribution in [0.2, 0.25) is 0 Å². The summed E-state index contributed by atoms with van der Waals surface area (Å²) >= 11 is 0. The van der Waals surface area contributed by atoms with E-state index >= 15 is 0 Å². The van der Waals surface area contributed by atoms with E-state index in [2.05, 4.69) is 0 Å². The Hall–Kier alpha value is -3.88. The highest BCUT2D eigenvalue weighted by atomic mass is 19.4. The number of rotatable bonds is 5. The Morgan fingerprint density at radius 1 is 0.939 bits per heavy atom. The van der Waals surface area contributed by atoms with Crippen LogP contribution in [0.1, 0.15) is 34.2 Å². The number of carboxylic acid groups (broad SMARTS) is 1. The number of aliphatic carboxylic acids is 1. The summed E-state index contributed by atoms with van der Waals surface area (Å²) < 4.78 is 58.6. The van der Waals surface area contributed by atoms with Gasteiger partial charge in [-0.3, -0.25) is 0 Å². The maximum Gasteiger partial charge on any atom is 0.419 e. The molecule has 170 valence electrons. The topological polar surface area (TPSA) is 75.6 Å². The Balaban J connectivity index is 1.53. The lowest BCUT2D eigenvalue weighted by Gasteiger charge is -2.19. The van der Waals surface area contributed by atoms with E-state index in [1.807, 2.05) is 53.8 Å². The number of carbonyl (C=O) groups excluding carboxylic acids is 1. The number of alkyl carbamates (subject to hydrolysis) is 1. The number of carbonyl (C=O) groups is 2. The van der Waals surface area contributed by atoms with Gasteiger partial charge in [-0.25, -0.2) is 14.0 Å². The molecule has 0 saturated carbocycles. The van der Waals surface area contributed by atoms with E-state index in [-0.39, 0.29) is 12.5 Å². The molecule has 0 aromatic heterocycles. The minimum atomic E-state index is -5.02. The molecule has 0 bridgehead atoms. The zero-order valence-electron chi connectivity index (χ0n) is 16.9. The molecule has 1 atom stereocenters. The molecule has 5 nitrogen and oxygen atoms in total. The van der Waals surface area contributed by atoms with Gasteiger partial charge in [-0.1, -0.05) is 60.7 Å². The van der Waals surface area contributed by atoms with Crippen LogP contribution in [0.4, 0.5) is 22.4 Å². The van der Waals surface area contributed by atoms with Gasteiger partial charge in [0, 0.05) is 11.5 Å². The van der Waals surface area contributed by atoms with Crippen molar-refractivity contribution in [3.8, 4) is 11.1 Å². The van der Waals surface area contributed by atoms with Crippen LogP contribution in [0.25, 0.3) is 11.1 Å². The smallest absolute Gasteiger partial charge is 0.419 e. The normalized spacial score (nSPS) is 13.7. The first kappa shape index (κ1) is 22.3. The van der Waals surface area contributed by atoms with E-state index < -0.39 is 41.2 Å². The van der Waals surface area contributed by atoms with Gasteiger partial charge in [0.05, 0.1) is 5.56 Å². The number of nitrogens with one attached hydrogen (secondary N) is 1. The summed E-state index contributed by atoms with van der Waals surface area (Å²) in [5.41, 5.74) is 1.36. The molecule has 0 fully saturated rings. The molecule has 1 aliphatic rings. The second-order valence-electron chi connectivity index (χ2n) is 7.45. The summed E-state index contributed by atoms with van der Waals surface area (Å²) in [5, 5.41) is 11.4. The van der Waals surface area contributed by atoms with Crippen LogP contribution in [0.3, 0.4) is 0 Å². The molecule has 33 heavy (non-hydrogen) atoms. The van der Waals surface area contributed by atoms with E-state index in [1.54, 1.807) is 0 Å². The molecule has 3 aromatic rings. The number of benzene rings is 3. The van der Waals surface area contributed by atoms with Crippen LogP contribution in [0.15, 0.2) is 66.7 Å². The number of ether oxygens (including phenoxy) is 1. The first-order valence-corrected chi connectivity index (χ1v) is 9.88. The molecule has 0 saturated heterocycles. The first-order valence-electron chi connectivity index (χ1n) is 9.88. The van der Waals surface area contributed by atoms with Gasteiger partial charge in [0.25, 0.3) is 0 Å². The number of halogens is 4. The molecule has 1 amide bonds. The second-order valence-corrected chi connectivity index (χ2v) is 7.45. The van der Waals surface area contributed by atoms with Gasteiger partial charge in [0.2, 0.25) is 0 Å². The Kier molecular flexibility index (Phi) is 5.80. The number of fused-ring (bicyclic) bond motifs is 3.